The number of benzene rings is 1. The van der Waals surface area contributed by atoms with Gasteiger partial charge in [0.25, 0.3) is 0 Å². The van der Waals surface area contributed by atoms with E-state index in [1.807, 2.05) is 16.8 Å². The van der Waals surface area contributed by atoms with E-state index in [4.69, 9.17) is 0 Å². The summed E-state index contributed by atoms with van der Waals surface area (Å²) in [5.74, 6) is 0. The summed E-state index contributed by atoms with van der Waals surface area (Å²) in [7, 11) is 0. The largest absolute Gasteiger partial charge is 0.310 e. The molecular weight excluding hydrogens is 302 g/mol. The van der Waals surface area contributed by atoms with Gasteiger partial charge < -0.3 is 5.32 Å². The van der Waals surface area contributed by atoms with Crippen molar-refractivity contribution in [3.8, 4) is 5.69 Å². The average Bonchev–Trinajstić information content (AvgIpc) is 2.63. The summed E-state index contributed by atoms with van der Waals surface area (Å²) in [5.41, 5.74) is 4.68. The molecule has 0 unspecified atom stereocenters. The van der Waals surface area contributed by atoms with Crippen LogP contribution in [0.1, 0.15) is 30.8 Å². The molecular formula is C15H20BrN3. The molecule has 0 aliphatic rings. The molecule has 0 saturated carbocycles. The number of hydrogen-bond acceptors (Lipinski definition) is 2. The van der Waals surface area contributed by atoms with Gasteiger partial charge in [0.05, 0.1) is 11.4 Å². The summed E-state index contributed by atoms with van der Waals surface area (Å²) < 4.78 is 3.10. The Bertz CT molecular complexity index is 556. The van der Waals surface area contributed by atoms with Gasteiger partial charge in [-0.1, -0.05) is 29.8 Å². The third-order valence-corrected chi connectivity index (χ3v) is 3.73. The van der Waals surface area contributed by atoms with Crippen molar-refractivity contribution in [1.82, 2.24) is 15.1 Å². The van der Waals surface area contributed by atoms with Crippen LogP contribution in [0.2, 0.25) is 0 Å². The Morgan fingerprint density at radius 3 is 2.42 bits per heavy atom. The lowest BCUT2D eigenvalue weighted by molar-refractivity contribution is 0.586. The van der Waals surface area contributed by atoms with Crippen molar-refractivity contribution in [1.29, 1.82) is 0 Å². The van der Waals surface area contributed by atoms with Crippen molar-refractivity contribution in [2.75, 3.05) is 0 Å². The van der Waals surface area contributed by atoms with Gasteiger partial charge in [-0.2, -0.15) is 5.10 Å². The first kappa shape index (κ1) is 14.3. The molecule has 4 heteroatoms. The number of aromatic nitrogens is 2. The van der Waals surface area contributed by atoms with E-state index in [1.165, 1.54) is 11.3 Å². The highest BCUT2D eigenvalue weighted by Crippen LogP contribution is 2.19. The van der Waals surface area contributed by atoms with Gasteiger partial charge in [0.2, 0.25) is 0 Å². The predicted molar refractivity (Wildman–Crippen MR) is 82.7 cm³/mol. The van der Waals surface area contributed by atoms with Crippen molar-refractivity contribution in [2.45, 2.75) is 40.3 Å². The summed E-state index contributed by atoms with van der Waals surface area (Å²) >= 11 is 3.46. The first-order valence-electron chi connectivity index (χ1n) is 6.53. The third-order valence-electron chi connectivity index (χ3n) is 3.20. The fourth-order valence-corrected chi connectivity index (χ4v) is 2.34. The highest BCUT2D eigenvalue weighted by molar-refractivity contribution is 9.10. The molecule has 3 nitrogen and oxygen atoms in total. The zero-order valence-electron chi connectivity index (χ0n) is 11.9. The molecule has 0 radical (unpaired) electrons. The zero-order chi connectivity index (χ0) is 14.0. The predicted octanol–water partition coefficient (Wildman–Crippen LogP) is 3.75. The van der Waals surface area contributed by atoms with Crippen LogP contribution in [-0.2, 0) is 6.54 Å². The molecule has 1 aromatic carbocycles. The highest BCUT2D eigenvalue weighted by atomic mass is 79.9. The Morgan fingerprint density at radius 2 is 1.84 bits per heavy atom. The van der Waals surface area contributed by atoms with Crippen LogP contribution in [-0.4, -0.2) is 15.8 Å². The van der Waals surface area contributed by atoms with Crippen molar-refractivity contribution < 1.29 is 0 Å². The topological polar surface area (TPSA) is 29.9 Å². The van der Waals surface area contributed by atoms with Gasteiger partial charge >= 0.3 is 0 Å². The second-order valence-corrected chi connectivity index (χ2v) is 5.99. The fraction of sp³-hybridized carbons (Fsp3) is 0.400. The molecule has 0 bridgehead atoms. The third kappa shape index (κ3) is 3.25. The van der Waals surface area contributed by atoms with E-state index in [2.05, 4.69) is 66.2 Å². The summed E-state index contributed by atoms with van der Waals surface area (Å²) in [6, 6.07) is 8.71. The summed E-state index contributed by atoms with van der Waals surface area (Å²) in [6.07, 6.45) is 0. The van der Waals surface area contributed by atoms with Crippen LogP contribution in [0.3, 0.4) is 0 Å². The van der Waals surface area contributed by atoms with Gasteiger partial charge in [0.1, 0.15) is 0 Å². The van der Waals surface area contributed by atoms with Crippen LogP contribution in [0.4, 0.5) is 0 Å². The maximum Gasteiger partial charge on any atom is 0.0649 e. The fourth-order valence-electron chi connectivity index (χ4n) is 2.07. The molecule has 0 aliphatic heterocycles. The molecule has 1 heterocycles. The summed E-state index contributed by atoms with van der Waals surface area (Å²) in [4.78, 5) is 0. The summed E-state index contributed by atoms with van der Waals surface area (Å²) in [6.45, 7) is 9.37. The quantitative estimate of drug-likeness (QED) is 0.929. The Labute approximate surface area is 123 Å². The van der Waals surface area contributed by atoms with Crippen molar-refractivity contribution in [3.05, 3.63) is 45.7 Å². The minimum atomic E-state index is 0.481. The monoisotopic (exact) mass is 321 g/mol. The van der Waals surface area contributed by atoms with Crippen molar-refractivity contribution in [3.63, 3.8) is 0 Å². The van der Waals surface area contributed by atoms with Gasteiger partial charge in [-0.3, -0.25) is 0 Å². The van der Waals surface area contributed by atoms with E-state index in [0.717, 1.165) is 22.4 Å². The molecule has 0 amide bonds. The molecule has 102 valence electrons. The Morgan fingerprint density at radius 1 is 1.21 bits per heavy atom. The Kier molecular flexibility index (Phi) is 4.42. The smallest absolute Gasteiger partial charge is 0.0649 e. The molecule has 2 aromatic rings. The second kappa shape index (κ2) is 5.88. The van der Waals surface area contributed by atoms with E-state index < -0.39 is 0 Å². The summed E-state index contributed by atoms with van der Waals surface area (Å²) in [5, 5.41) is 8.11. The lowest BCUT2D eigenvalue weighted by Gasteiger charge is -2.09. The van der Waals surface area contributed by atoms with Crippen LogP contribution in [0, 0.1) is 13.8 Å². The first-order valence-corrected chi connectivity index (χ1v) is 7.32. The molecule has 2 rings (SSSR count). The highest BCUT2D eigenvalue weighted by Gasteiger charge is 2.12. The van der Waals surface area contributed by atoms with Crippen LogP contribution in [0.5, 0.6) is 0 Å². The van der Waals surface area contributed by atoms with E-state index in [9.17, 15) is 0 Å². The number of hydrogen-bond donors (Lipinski definition) is 1. The number of nitrogens with zero attached hydrogens (tertiary/aromatic N) is 2. The van der Waals surface area contributed by atoms with E-state index in [1.54, 1.807) is 0 Å². The number of nitrogens with one attached hydrogen (secondary N) is 1. The molecule has 0 atom stereocenters. The van der Waals surface area contributed by atoms with Crippen LogP contribution in [0.15, 0.2) is 28.7 Å². The van der Waals surface area contributed by atoms with Crippen LogP contribution in [0.25, 0.3) is 5.69 Å². The van der Waals surface area contributed by atoms with E-state index >= 15 is 0 Å². The van der Waals surface area contributed by atoms with Gasteiger partial charge in [-0.25, -0.2) is 4.68 Å². The average molecular weight is 322 g/mol. The molecule has 0 aliphatic carbocycles. The van der Waals surface area contributed by atoms with Crippen molar-refractivity contribution in [2.24, 2.45) is 0 Å². The standard InChI is InChI=1S/C15H20BrN3/c1-10(2)17-9-15-11(3)18-19(12(15)4)14-7-5-13(16)6-8-14/h5-8,10,17H,9H2,1-4H3. The molecule has 0 saturated heterocycles. The van der Waals surface area contributed by atoms with Crippen LogP contribution >= 0.6 is 15.9 Å². The second-order valence-electron chi connectivity index (χ2n) is 5.07. The molecule has 1 N–H and O–H groups in total. The van der Waals surface area contributed by atoms with E-state index in [-0.39, 0.29) is 0 Å². The Hall–Kier alpha value is -1.13. The normalized spacial score (nSPS) is 11.3. The lowest BCUT2D eigenvalue weighted by Crippen LogP contribution is -2.22. The molecule has 1 aromatic heterocycles. The molecule has 19 heavy (non-hydrogen) atoms. The first-order chi connectivity index (χ1) is 8.99. The lowest BCUT2D eigenvalue weighted by atomic mass is 10.2. The zero-order valence-corrected chi connectivity index (χ0v) is 13.5. The molecule has 0 fully saturated rings. The number of aryl methyl sites for hydroxylation is 1. The van der Waals surface area contributed by atoms with Gasteiger partial charge in [0, 0.05) is 28.3 Å². The Balaban J connectivity index is 2.32. The van der Waals surface area contributed by atoms with Gasteiger partial charge in [0.15, 0.2) is 0 Å². The SMILES string of the molecule is Cc1nn(-c2ccc(Br)cc2)c(C)c1CNC(C)C. The maximum absolute atomic E-state index is 4.65. The minimum Gasteiger partial charge on any atom is -0.310 e. The van der Waals surface area contributed by atoms with Crippen molar-refractivity contribution >= 4 is 15.9 Å². The number of rotatable bonds is 4. The minimum absolute atomic E-state index is 0.481. The van der Waals surface area contributed by atoms with E-state index in [0.29, 0.717) is 6.04 Å². The van der Waals surface area contributed by atoms with Gasteiger partial charge in [-0.15, -0.1) is 0 Å². The number of halogens is 1. The molecule has 0 spiro atoms. The van der Waals surface area contributed by atoms with Gasteiger partial charge in [-0.05, 0) is 38.1 Å². The van der Waals surface area contributed by atoms with Crippen LogP contribution < -0.4 is 5.32 Å². The maximum atomic E-state index is 4.65.